The van der Waals surface area contributed by atoms with E-state index in [-0.39, 0.29) is 29.7 Å². The van der Waals surface area contributed by atoms with E-state index >= 15 is 0 Å². The van der Waals surface area contributed by atoms with Crippen LogP contribution >= 0.6 is 0 Å². The van der Waals surface area contributed by atoms with Crippen molar-refractivity contribution in [3.63, 3.8) is 0 Å². The van der Waals surface area contributed by atoms with Crippen molar-refractivity contribution < 1.29 is 9.59 Å². The summed E-state index contributed by atoms with van der Waals surface area (Å²) in [5.41, 5.74) is 7.82. The number of para-hydroxylation sites is 2. The van der Waals surface area contributed by atoms with Gasteiger partial charge >= 0.3 is 0 Å². The van der Waals surface area contributed by atoms with Crippen molar-refractivity contribution in [3.05, 3.63) is 94.8 Å². The molecule has 3 N–H and O–H groups in total. The number of fused-ring (bicyclic) bond motifs is 1. The Morgan fingerprint density at radius 2 is 1.59 bits per heavy atom. The summed E-state index contributed by atoms with van der Waals surface area (Å²) in [5, 5.41) is 3.23. The molecule has 0 radical (unpaired) electrons. The second-order valence-corrected chi connectivity index (χ2v) is 7.09. The van der Waals surface area contributed by atoms with Crippen LogP contribution in [-0.2, 0) is 4.79 Å². The molecular formula is C24H21N5O3. The molecule has 0 unspecified atom stereocenters. The third-order valence-corrected chi connectivity index (χ3v) is 4.81. The summed E-state index contributed by atoms with van der Waals surface area (Å²) in [6.07, 6.45) is 0. The number of amides is 1. The lowest BCUT2D eigenvalue weighted by atomic mass is 10.1. The number of aromatic nitrogens is 2. The van der Waals surface area contributed by atoms with Crippen molar-refractivity contribution in [2.75, 3.05) is 17.3 Å². The predicted octanol–water partition coefficient (Wildman–Crippen LogP) is 3.14. The first-order valence-electron chi connectivity index (χ1n) is 10.00. The molecule has 160 valence electrons. The van der Waals surface area contributed by atoms with Gasteiger partial charge in [0.1, 0.15) is 0 Å². The van der Waals surface area contributed by atoms with Crippen LogP contribution in [0, 0.1) is 0 Å². The zero-order valence-corrected chi connectivity index (χ0v) is 17.3. The molecule has 0 saturated heterocycles. The molecule has 4 rings (SSSR count). The zero-order valence-electron chi connectivity index (χ0n) is 17.3. The monoisotopic (exact) mass is 427 g/mol. The first-order valence-corrected chi connectivity index (χ1v) is 10.00. The minimum atomic E-state index is -0.303. The van der Waals surface area contributed by atoms with Gasteiger partial charge in [0.25, 0.3) is 5.56 Å². The van der Waals surface area contributed by atoms with Gasteiger partial charge in [0, 0.05) is 11.3 Å². The predicted molar refractivity (Wildman–Crippen MR) is 124 cm³/mol. The lowest BCUT2D eigenvalue weighted by molar-refractivity contribution is -0.115. The zero-order chi connectivity index (χ0) is 22.5. The number of nitrogens with zero attached hydrogens (tertiary/aromatic N) is 2. The number of nitrogens with one attached hydrogen (secondary N) is 3. The summed E-state index contributed by atoms with van der Waals surface area (Å²) in [7, 11) is 0. The number of anilines is 2. The molecule has 0 aliphatic rings. The fraction of sp³-hybridized carbons (Fsp3) is 0.0833. The van der Waals surface area contributed by atoms with Gasteiger partial charge < -0.3 is 5.32 Å². The van der Waals surface area contributed by atoms with Crippen molar-refractivity contribution in [2.24, 2.45) is 0 Å². The molecule has 1 amide bonds. The Hall–Kier alpha value is -4.30. The van der Waals surface area contributed by atoms with Crippen molar-refractivity contribution in [1.82, 2.24) is 15.0 Å². The molecule has 0 aliphatic heterocycles. The standard InChI is InChI=1S/C24H21N5O3/c1-16(30)17-11-13-18(14-12-17)26-22(31)15-25-28-24-27-21-10-6-5-9-20(21)23(32)29(24)19-7-3-2-4-8-19/h2-14,25H,15H2,1H3,(H,26,31)(H,27,28). The quantitative estimate of drug-likeness (QED) is 0.309. The number of carbonyl (C=O) groups is 2. The van der Waals surface area contributed by atoms with Gasteiger partial charge in [0.05, 0.1) is 23.1 Å². The van der Waals surface area contributed by atoms with Gasteiger partial charge in [-0.05, 0) is 55.5 Å². The molecule has 0 saturated carbocycles. The van der Waals surface area contributed by atoms with Crippen molar-refractivity contribution in [2.45, 2.75) is 6.92 Å². The second kappa shape index (κ2) is 9.23. The summed E-state index contributed by atoms with van der Waals surface area (Å²) >= 11 is 0. The van der Waals surface area contributed by atoms with E-state index in [1.807, 2.05) is 24.3 Å². The SMILES string of the molecule is CC(=O)c1ccc(NC(=O)CNNc2nc3ccccc3c(=O)n2-c2ccccc2)cc1. The third kappa shape index (κ3) is 4.55. The maximum atomic E-state index is 13.1. The highest BCUT2D eigenvalue weighted by Crippen LogP contribution is 2.15. The number of rotatable bonds is 7. The maximum Gasteiger partial charge on any atom is 0.267 e. The molecule has 8 nitrogen and oxygen atoms in total. The van der Waals surface area contributed by atoms with Gasteiger partial charge in [-0.25, -0.2) is 15.0 Å². The van der Waals surface area contributed by atoms with Crippen LogP contribution in [0.2, 0.25) is 0 Å². The normalized spacial score (nSPS) is 10.7. The van der Waals surface area contributed by atoms with Gasteiger partial charge in [-0.15, -0.1) is 0 Å². The topological polar surface area (TPSA) is 105 Å². The molecule has 0 aliphatic carbocycles. The van der Waals surface area contributed by atoms with Crippen LogP contribution in [0.5, 0.6) is 0 Å². The molecule has 0 bridgehead atoms. The van der Waals surface area contributed by atoms with Crippen LogP contribution in [-0.4, -0.2) is 27.8 Å². The Labute approximate surface area is 183 Å². The van der Waals surface area contributed by atoms with Crippen LogP contribution in [0.1, 0.15) is 17.3 Å². The van der Waals surface area contributed by atoms with E-state index in [0.717, 1.165) is 0 Å². The molecule has 1 heterocycles. The van der Waals surface area contributed by atoms with Gasteiger partial charge in [0.15, 0.2) is 5.78 Å². The fourth-order valence-corrected chi connectivity index (χ4v) is 3.23. The van der Waals surface area contributed by atoms with E-state index in [1.165, 1.54) is 11.5 Å². The molecule has 3 aromatic carbocycles. The Morgan fingerprint density at radius 3 is 2.31 bits per heavy atom. The van der Waals surface area contributed by atoms with Gasteiger partial charge in [-0.1, -0.05) is 30.3 Å². The van der Waals surface area contributed by atoms with E-state index in [4.69, 9.17) is 0 Å². The molecular weight excluding hydrogens is 406 g/mol. The first-order chi connectivity index (χ1) is 15.5. The fourth-order valence-electron chi connectivity index (χ4n) is 3.23. The number of hydrogen-bond donors (Lipinski definition) is 3. The molecule has 32 heavy (non-hydrogen) atoms. The summed E-state index contributed by atoms with van der Waals surface area (Å²) < 4.78 is 1.45. The summed E-state index contributed by atoms with van der Waals surface area (Å²) in [5.74, 6) is -0.0814. The van der Waals surface area contributed by atoms with E-state index in [0.29, 0.717) is 27.8 Å². The Kier molecular flexibility index (Phi) is 6.05. The van der Waals surface area contributed by atoms with E-state index in [9.17, 15) is 14.4 Å². The number of benzene rings is 3. The average molecular weight is 427 g/mol. The Morgan fingerprint density at radius 1 is 0.906 bits per heavy atom. The molecule has 8 heteroatoms. The van der Waals surface area contributed by atoms with Gasteiger partial charge in [-0.3, -0.25) is 19.8 Å². The average Bonchev–Trinajstić information content (AvgIpc) is 2.80. The van der Waals surface area contributed by atoms with Crippen molar-refractivity contribution in [3.8, 4) is 5.69 Å². The molecule has 0 spiro atoms. The van der Waals surface area contributed by atoms with E-state index in [1.54, 1.807) is 54.6 Å². The van der Waals surface area contributed by atoms with Crippen LogP contribution in [0.4, 0.5) is 11.6 Å². The molecule has 0 fully saturated rings. The van der Waals surface area contributed by atoms with Crippen molar-refractivity contribution >= 4 is 34.2 Å². The highest BCUT2D eigenvalue weighted by atomic mass is 16.2. The smallest absolute Gasteiger partial charge is 0.267 e. The number of Topliss-reactive ketones (excluding diaryl/α,β-unsaturated/α-hetero) is 1. The van der Waals surface area contributed by atoms with Crippen molar-refractivity contribution in [1.29, 1.82) is 0 Å². The first kappa shape index (κ1) is 21.0. The maximum absolute atomic E-state index is 13.1. The third-order valence-electron chi connectivity index (χ3n) is 4.81. The minimum absolute atomic E-state index is 0.0407. The molecule has 0 atom stereocenters. The second-order valence-electron chi connectivity index (χ2n) is 7.09. The molecule has 4 aromatic rings. The number of ketones is 1. The summed E-state index contributed by atoms with van der Waals surface area (Å²) in [6.45, 7) is 1.41. The lowest BCUT2D eigenvalue weighted by Crippen LogP contribution is -2.35. The van der Waals surface area contributed by atoms with Gasteiger partial charge in [-0.2, -0.15) is 0 Å². The number of carbonyl (C=O) groups excluding carboxylic acids is 2. The Balaban J connectivity index is 1.51. The highest BCUT2D eigenvalue weighted by Gasteiger charge is 2.13. The largest absolute Gasteiger partial charge is 0.325 e. The van der Waals surface area contributed by atoms with Crippen LogP contribution in [0.3, 0.4) is 0 Å². The van der Waals surface area contributed by atoms with E-state index < -0.39 is 0 Å². The van der Waals surface area contributed by atoms with Crippen LogP contribution in [0.15, 0.2) is 83.7 Å². The Bertz CT molecular complexity index is 1330. The number of hydrazine groups is 1. The van der Waals surface area contributed by atoms with E-state index in [2.05, 4.69) is 21.2 Å². The minimum Gasteiger partial charge on any atom is -0.325 e. The van der Waals surface area contributed by atoms with Gasteiger partial charge in [0.2, 0.25) is 11.9 Å². The highest BCUT2D eigenvalue weighted by molar-refractivity contribution is 5.96. The van der Waals surface area contributed by atoms with Crippen LogP contribution in [0.25, 0.3) is 16.6 Å². The lowest BCUT2D eigenvalue weighted by Gasteiger charge is -2.15. The summed E-state index contributed by atoms with van der Waals surface area (Å²) in [6, 6.07) is 22.9. The molecule has 1 aromatic heterocycles. The number of hydrogen-bond acceptors (Lipinski definition) is 6. The summed E-state index contributed by atoms with van der Waals surface area (Å²) in [4.78, 5) is 41.3. The van der Waals surface area contributed by atoms with Crippen LogP contribution < -0.4 is 21.7 Å².